The predicted molar refractivity (Wildman–Crippen MR) is 157 cm³/mol. The van der Waals surface area contributed by atoms with Crippen LogP contribution in [0, 0.1) is 13.8 Å². The van der Waals surface area contributed by atoms with Gasteiger partial charge >= 0.3 is 6.18 Å². The van der Waals surface area contributed by atoms with Gasteiger partial charge in [-0.15, -0.1) is 0 Å². The second-order valence-electron chi connectivity index (χ2n) is 10.2. The summed E-state index contributed by atoms with van der Waals surface area (Å²) in [6, 6.07) is 5.17. The lowest BCUT2D eigenvalue weighted by Gasteiger charge is -2.20. The summed E-state index contributed by atoms with van der Waals surface area (Å²) in [5, 5.41) is 11.5. The van der Waals surface area contributed by atoms with Crippen molar-refractivity contribution in [3.05, 3.63) is 82.0 Å². The molecule has 2 aromatic rings. The van der Waals surface area contributed by atoms with E-state index >= 15 is 0 Å². The number of likely N-dealkylation sites (N-methyl/N-ethyl adjacent to an activating group) is 1. The van der Waals surface area contributed by atoms with Gasteiger partial charge in [-0.1, -0.05) is 19.1 Å². The molecule has 222 valence electrons. The maximum Gasteiger partial charge on any atom is 0.413 e. The molecule has 1 aromatic heterocycles. The monoisotopic (exact) mass is 572 g/mol. The Morgan fingerprint density at radius 2 is 1.95 bits per heavy atom. The molecule has 12 heteroatoms. The Balaban J connectivity index is 1.88. The van der Waals surface area contributed by atoms with Crippen LogP contribution in [-0.4, -0.2) is 53.9 Å². The minimum Gasteiger partial charge on any atom is -0.397 e. The van der Waals surface area contributed by atoms with E-state index in [4.69, 9.17) is 11.6 Å². The minimum absolute atomic E-state index is 0.130. The van der Waals surface area contributed by atoms with Gasteiger partial charge in [0.2, 0.25) is 0 Å². The average Bonchev–Trinajstić information content (AvgIpc) is 3.10. The summed E-state index contributed by atoms with van der Waals surface area (Å²) >= 11 is 0. The number of amides is 1. The highest BCUT2D eigenvalue weighted by molar-refractivity contribution is 6.06. The van der Waals surface area contributed by atoms with Gasteiger partial charge in [-0.05, 0) is 70.1 Å². The van der Waals surface area contributed by atoms with Crippen molar-refractivity contribution >= 4 is 23.0 Å². The number of hydrazine groups is 1. The van der Waals surface area contributed by atoms with Gasteiger partial charge in [0.1, 0.15) is 0 Å². The molecule has 1 heterocycles. The normalized spacial score (nSPS) is 14.6. The van der Waals surface area contributed by atoms with Gasteiger partial charge < -0.3 is 21.3 Å². The van der Waals surface area contributed by atoms with Gasteiger partial charge in [0.15, 0.2) is 0 Å². The second kappa shape index (κ2) is 13.1. The van der Waals surface area contributed by atoms with Crippen LogP contribution in [0.1, 0.15) is 36.6 Å². The first-order valence-corrected chi connectivity index (χ1v) is 13.2. The van der Waals surface area contributed by atoms with Crippen LogP contribution < -0.4 is 27.2 Å². The summed E-state index contributed by atoms with van der Waals surface area (Å²) in [6.07, 6.45) is 1.27. The number of aromatic nitrogens is 2. The van der Waals surface area contributed by atoms with Crippen molar-refractivity contribution in [3.63, 3.8) is 0 Å². The van der Waals surface area contributed by atoms with E-state index in [0.29, 0.717) is 35.9 Å². The molecule has 0 bridgehead atoms. The number of nitrogens with two attached hydrogens (primary N) is 2. The number of carbonyl (C=O) groups is 1. The quantitative estimate of drug-likeness (QED) is 0.248. The number of rotatable bonds is 10. The number of alkyl halides is 3. The number of allylic oxidation sites excluding steroid dienone is 3. The van der Waals surface area contributed by atoms with Gasteiger partial charge in [0.05, 0.1) is 17.6 Å². The molecule has 0 spiro atoms. The molecule has 0 fully saturated rings. The first-order valence-electron chi connectivity index (χ1n) is 13.2. The number of hydrogen-bond acceptors (Lipinski definition) is 7. The molecule has 1 aromatic carbocycles. The Kier molecular flexibility index (Phi) is 10.1. The van der Waals surface area contributed by atoms with Crippen LogP contribution >= 0.6 is 0 Å². The molecule has 9 nitrogen and oxygen atoms in total. The van der Waals surface area contributed by atoms with Crippen LogP contribution in [-0.2, 0) is 11.8 Å². The highest BCUT2D eigenvalue weighted by Crippen LogP contribution is 2.37. The number of nitrogens with zero attached hydrogens (tertiary/aromatic N) is 4. The highest BCUT2D eigenvalue weighted by atomic mass is 19.4. The van der Waals surface area contributed by atoms with Gasteiger partial charge in [0, 0.05) is 60.1 Å². The Labute approximate surface area is 239 Å². The van der Waals surface area contributed by atoms with E-state index in [1.165, 1.54) is 17.2 Å². The molecule has 41 heavy (non-hydrogen) atoms. The van der Waals surface area contributed by atoms with E-state index in [-0.39, 0.29) is 17.6 Å². The Bertz CT molecular complexity index is 1400. The second-order valence-corrected chi connectivity index (χ2v) is 10.2. The number of halogens is 3. The molecular formula is C29H39F3N8O. The molecule has 0 unspecified atom stereocenters. The summed E-state index contributed by atoms with van der Waals surface area (Å²) < 4.78 is 43.6. The zero-order chi connectivity index (χ0) is 30.5. The fourth-order valence-electron chi connectivity index (χ4n) is 4.46. The van der Waals surface area contributed by atoms with Crippen LogP contribution in [0.3, 0.4) is 0 Å². The molecule has 0 atom stereocenters. The van der Waals surface area contributed by atoms with Crippen LogP contribution in [0.25, 0.3) is 5.70 Å². The predicted octanol–water partition coefficient (Wildman–Crippen LogP) is 4.25. The van der Waals surface area contributed by atoms with E-state index in [0.717, 1.165) is 16.8 Å². The third-order valence-electron chi connectivity index (χ3n) is 6.92. The number of nitrogens with one attached hydrogen (secondary N) is 2. The van der Waals surface area contributed by atoms with E-state index < -0.39 is 24.1 Å². The molecular weight excluding hydrogens is 533 g/mol. The summed E-state index contributed by atoms with van der Waals surface area (Å²) in [4.78, 5) is 15.2. The van der Waals surface area contributed by atoms with Crippen molar-refractivity contribution < 1.29 is 18.0 Å². The van der Waals surface area contributed by atoms with Crippen molar-refractivity contribution in [3.8, 4) is 0 Å². The number of anilines is 2. The van der Waals surface area contributed by atoms with Crippen molar-refractivity contribution in [2.45, 2.75) is 39.8 Å². The van der Waals surface area contributed by atoms with E-state index in [1.807, 2.05) is 39.9 Å². The number of aryl methyl sites for hydroxylation is 2. The lowest BCUT2D eigenvalue weighted by molar-refractivity contribution is -0.112. The largest absolute Gasteiger partial charge is 0.413 e. The summed E-state index contributed by atoms with van der Waals surface area (Å²) in [5.74, 6) is 5.79. The third-order valence-corrected chi connectivity index (χ3v) is 6.92. The van der Waals surface area contributed by atoms with Crippen molar-refractivity contribution in [2.75, 3.05) is 37.5 Å². The average molecular weight is 573 g/mol. The summed E-state index contributed by atoms with van der Waals surface area (Å²) in [6.45, 7) is 6.46. The van der Waals surface area contributed by atoms with Gasteiger partial charge in [0.25, 0.3) is 5.91 Å². The number of hydrogen-bond donors (Lipinski definition) is 4. The molecule has 1 aliphatic carbocycles. The van der Waals surface area contributed by atoms with Gasteiger partial charge in [-0.2, -0.15) is 18.3 Å². The highest BCUT2D eigenvalue weighted by Gasteiger charge is 2.37. The zero-order valence-corrected chi connectivity index (χ0v) is 24.4. The van der Waals surface area contributed by atoms with E-state index in [9.17, 15) is 18.0 Å². The van der Waals surface area contributed by atoms with Crippen LogP contribution in [0.2, 0.25) is 0 Å². The fourth-order valence-corrected chi connectivity index (χ4v) is 4.46. The summed E-state index contributed by atoms with van der Waals surface area (Å²) in [7, 11) is 5.57. The minimum atomic E-state index is -4.52. The van der Waals surface area contributed by atoms with Crippen LogP contribution in [0.5, 0.6) is 0 Å². The molecule has 0 radical (unpaired) electrons. The number of carbonyl (C=O) groups excluding carboxylic acids is 1. The smallest absolute Gasteiger partial charge is 0.397 e. The SMILES string of the molecule is CCC1=C(C(F)(F)F)CC=C(C(=O)Nc2ccc(C)c(N(N)/C=C(\N)c3cnn(C)c3C)c2)C=C1NCCN(C)C. The van der Waals surface area contributed by atoms with Gasteiger partial charge in [-0.3, -0.25) is 14.5 Å². The molecule has 6 N–H and O–H groups in total. The fraction of sp³-hybridized carbons (Fsp3) is 0.379. The van der Waals surface area contributed by atoms with Crippen molar-refractivity contribution in [2.24, 2.45) is 18.6 Å². The third kappa shape index (κ3) is 7.80. The van der Waals surface area contributed by atoms with Crippen molar-refractivity contribution in [1.29, 1.82) is 0 Å². The lowest BCUT2D eigenvalue weighted by atomic mass is 10.0. The van der Waals surface area contributed by atoms with Crippen LogP contribution in [0.4, 0.5) is 24.5 Å². The van der Waals surface area contributed by atoms with Gasteiger partial charge in [-0.25, -0.2) is 5.84 Å². The molecule has 1 amide bonds. The molecule has 3 rings (SSSR count). The topological polar surface area (TPSA) is 117 Å². The first kappa shape index (κ1) is 31.5. The molecule has 0 saturated carbocycles. The first-order chi connectivity index (χ1) is 19.2. The van der Waals surface area contributed by atoms with Crippen LogP contribution in [0.15, 0.2) is 65.2 Å². The Morgan fingerprint density at radius 3 is 2.54 bits per heavy atom. The maximum atomic E-state index is 14.0. The molecule has 0 aliphatic heterocycles. The van der Waals surface area contributed by atoms with Crippen molar-refractivity contribution in [1.82, 2.24) is 20.0 Å². The number of benzene rings is 1. The molecule has 0 saturated heterocycles. The molecule has 1 aliphatic rings. The Hall–Kier alpha value is -4.03. The van der Waals surface area contributed by atoms with E-state index in [1.54, 1.807) is 42.2 Å². The van der Waals surface area contributed by atoms with E-state index in [2.05, 4.69) is 15.7 Å². The Morgan fingerprint density at radius 1 is 1.24 bits per heavy atom. The maximum absolute atomic E-state index is 14.0. The zero-order valence-electron chi connectivity index (χ0n) is 24.4. The lowest BCUT2D eigenvalue weighted by Crippen LogP contribution is -2.28. The standard InChI is InChI=1S/C29H39F3N8O/c1-7-22-24(29(30,31)32)11-9-20(14-26(22)35-12-13-38(4)5)28(41)37-21-10-8-18(2)27(15-21)40(34)17-25(33)23-16-36-39(6)19(23)3/h8-10,14-17,35H,7,11-13,33-34H2,1-6H3,(H,37,41)/b25-17-. The summed E-state index contributed by atoms with van der Waals surface area (Å²) in [5.41, 5.74) is 10.0.